The monoisotopic (exact) mass is 485 g/mol. The fourth-order valence-electron chi connectivity index (χ4n) is 3.30. The standard InChI is InChI=1S/C24H40NO7P/c1-15(2)32-33(9,30)31-14-19(22(28)29)25-20(26)11-10-16-12-17(23(3,4)5)21(27)18(13-16)24(6,7)8/h12-13,15,19,27H,10-11,14H2,1-9H3,(H,25,26)(H,28,29). The summed E-state index contributed by atoms with van der Waals surface area (Å²) in [6.45, 7) is 16.2. The van der Waals surface area contributed by atoms with E-state index in [1.807, 2.05) is 53.7 Å². The van der Waals surface area contributed by atoms with Gasteiger partial charge in [0, 0.05) is 13.1 Å². The number of phenols is 1. The molecule has 1 aromatic rings. The van der Waals surface area contributed by atoms with Gasteiger partial charge in [-0.1, -0.05) is 53.7 Å². The van der Waals surface area contributed by atoms with Gasteiger partial charge in [0.15, 0.2) is 6.04 Å². The SMILES string of the molecule is CC(C)OP(C)(=O)OCC(NC(=O)CCc1cc(C(C)(C)C)c(O)c(C(C)(C)C)c1)C(=O)O. The molecule has 188 valence electrons. The highest BCUT2D eigenvalue weighted by molar-refractivity contribution is 7.53. The molecule has 33 heavy (non-hydrogen) atoms. The Kier molecular flexibility index (Phi) is 9.73. The van der Waals surface area contributed by atoms with E-state index in [1.54, 1.807) is 13.8 Å². The summed E-state index contributed by atoms with van der Waals surface area (Å²) >= 11 is 0. The van der Waals surface area contributed by atoms with Gasteiger partial charge in [0.2, 0.25) is 5.91 Å². The van der Waals surface area contributed by atoms with Gasteiger partial charge in [0.1, 0.15) is 5.75 Å². The summed E-state index contributed by atoms with van der Waals surface area (Å²) in [5.41, 5.74) is 1.89. The molecule has 0 spiro atoms. The molecule has 0 aliphatic carbocycles. The number of carbonyl (C=O) groups is 2. The quantitative estimate of drug-likeness (QED) is 0.409. The second-order valence-corrected chi connectivity index (χ2v) is 12.7. The van der Waals surface area contributed by atoms with E-state index >= 15 is 0 Å². The summed E-state index contributed by atoms with van der Waals surface area (Å²) in [5.74, 6) is -1.49. The lowest BCUT2D eigenvalue weighted by molar-refractivity contribution is -0.142. The maximum absolute atomic E-state index is 12.5. The Hall–Kier alpha value is -1.89. The highest BCUT2D eigenvalue weighted by Gasteiger charge is 2.28. The van der Waals surface area contributed by atoms with E-state index in [-0.39, 0.29) is 29.1 Å². The van der Waals surface area contributed by atoms with Gasteiger partial charge in [0.25, 0.3) is 0 Å². The molecule has 0 fully saturated rings. The zero-order valence-electron chi connectivity index (χ0n) is 21.3. The third kappa shape index (κ3) is 9.48. The Labute approximate surface area is 197 Å². The lowest BCUT2D eigenvalue weighted by Crippen LogP contribution is -2.44. The first kappa shape index (κ1) is 29.1. The minimum absolute atomic E-state index is 0.0496. The highest BCUT2D eigenvalue weighted by Crippen LogP contribution is 2.45. The van der Waals surface area contributed by atoms with Crippen LogP contribution in [0.3, 0.4) is 0 Å². The molecule has 0 heterocycles. The smallest absolute Gasteiger partial charge is 0.328 e. The molecule has 9 heteroatoms. The lowest BCUT2D eigenvalue weighted by atomic mass is 9.78. The molecule has 0 aliphatic heterocycles. The number of hydrogen-bond donors (Lipinski definition) is 3. The van der Waals surface area contributed by atoms with Crippen LogP contribution in [0.25, 0.3) is 0 Å². The topological polar surface area (TPSA) is 122 Å². The van der Waals surface area contributed by atoms with Crippen molar-refractivity contribution < 1.29 is 33.4 Å². The third-order valence-corrected chi connectivity index (χ3v) is 6.36. The predicted octanol–water partition coefficient (Wildman–Crippen LogP) is 4.75. The Bertz CT molecular complexity index is 862. The zero-order chi connectivity index (χ0) is 25.8. The first-order valence-electron chi connectivity index (χ1n) is 11.1. The van der Waals surface area contributed by atoms with E-state index < -0.39 is 32.1 Å². The zero-order valence-corrected chi connectivity index (χ0v) is 22.2. The van der Waals surface area contributed by atoms with E-state index in [1.165, 1.54) is 6.66 Å². The van der Waals surface area contributed by atoms with Crippen molar-refractivity contribution in [2.45, 2.75) is 91.2 Å². The molecule has 0 aliphatic rings. The van der Waals surface area contributed by atoms with Crippen molar-refractivity contribution in [2.75, 3.05) is 13.3 Å². The van der Waals surface area contributed by atoms with Gasteiger partial charge in [-0.05, 0) is 47.8 Å². The van der Waals surface area contributed by atoms with Crippen LogP contribution >= 0.6 is 7.60 Å². The number of carboxylic acids is 1. The van der Waals surface area contributed by atoms with Gasteiger partial charge >= 0.3 is 13.6 Å². The molecule has 0 radical (unpaired) electrons. The van der Waals surface area contributed by atoms with Crippen molar-refractivity contribution in [2.24, 2.45) is 0 Å². The largest absolute Gasteiger partial charge is 0.507 e. The molecule has 2 unspecified atom stereocenters. The second kappa shape index (κ2) is 11.0. The molecule has 0 saturated carbocycles. The van der Waals surface area contributed by atoms with Crippen molar-refractivity contribution in [3.8, 4) is 5.75 Å². The molecular weight excluding hydrogens is 445 g/mol. The minimum atomic E-state index is -3.43. The summed E-state index contributed by atoms with van der Waals surface area (Å²) in [4.78, 5) is 24.0. The van der Waals surface area contributed by atoms with Crippen LogP contribution in [0, 0.1) is 0 Å². The van der Waals surface area contributed by atoms with Crippen molar-refractivity contribution in [1.82, 2.24) is 5.32 Å². The number of aliphatic carboxylic acids is 1. The molecule has 0 aromatic heterocycles. The predicted molar refractivity (Wildman–Crippen MR) is 129 cm³/mol. The van der Waals surface area contributed by atoms with Gasteiger partial charge in [0.05, 0.1) is 12.7 Å². The van der Waals surface area contributed by atoms with Crippen LogP contribution in [0.1, 0.15) is 78.5 Å². The number of nitrogens with one attached hydrogen (secondary N) is 1. The van der Waals surface area contributed by atoms with Gasteiger partial charge in [-0.3, -0.25) is 9.36 Å². The van der Waals surface area contributed by atoms with Crippen LogP contribution in [0.5, 0.6) is 5.75 Å². The molecule has 1 aromatic carbocycles. The maximum atomic E-state index is 12.5. The van der Waals surface area contributed by atoms with Gasteiger partial charge in [-0.2, -0.15) is 0 Å². The summed E-state index contributed by atoms with van der Waals surface area (Å²) in [6.07, 6.45) is 0.0716. The number of benzene rings is 1. The van der Waals surface area contributed by atoms with E-state index in [0.29, 0.717) is 6.42 Å². The molecule has 1 amide bonds. The van der Waals surface area contributed by atoms with Crippen molar-refractivity contribution in [3.05, 3.63) is 28.8 Å². The lowest BCUT2D eigenvalue weighted by Gasteiger charge is -2.28. The molecule has 3 N–H and O–H groups in total. The number of aryl methyl sites for hydroxylation is 1. The first-order valence-corrected chi connectivity index (χ1v) is 13.1. The minimum Gasteiger partial charge on any atom is -0.507 e. The van der Waals surface area contributed by atoms with E-state index in [0.717, 1.165) is 16.7 Å². The van der Waals surface area contributed by atoms with E-state index in [9.17, 15) is 24.4 Å². The molecule has 1 rings (SSSR count). The molecule has 0 saturated heterocycles. The van der Waals surface area contributed by atoms with Crippen molar-refractivity contribution >= 4 is 19.5 Å². The van der Waals surface area contributed by atoms with Crippen molar-refractivity contribution in [1.29, 1.82) is 0 Å². The van der Waals surface area contributed by atoms with Gasteiger partial charge in [-0.15, -0.1) is 0 Å². The summed E-state index contributed by atoms with van der Waals surface area (Å²) in [5, 5.41) is 22.7. The summed E-state index contributed by atoms with van der Waals surface area (Å²) < 4.78 is 22.6. The number of aromatic hydroxyl groups is 1. The van der Waals surface area contributed by atoms with E-state index in [4.69, 9.17) is 9.05 Å². The molecular formula is C24H40NO7P. The number of phenolic OH excluding ortho intramolecular Hbond substituents is 1. The first-order chi connectivity index (χ1) is 14.8. The normalized spacial score (nSPS) is 15.2. The Morgan fingerprint density at radius 3 is 1.94 bits per heavy atom. The average Bonchev–Trinajstić information content (AvgIpc) is 2.60. The van der Waals surface area contributed by atoms with Crippen LogP contribution in [0.15, 0.2) is 12.1 Å². The number of amides is 1. The number of carboxylic acid groups (broad SMARTS) is 1. The summed E-state index contributed by atoms with van der Waals surface area (Å²) in [7, 11) is -3.43. The van der Waals surface area contributed by atoms with Crippen LogP contribution in [0.4, 0.5) is 0 Å². The Balaban J connectivity index is 2.94. The fourth-order valence-corrected chi connectivity index (χ4v) is 4.55. The third-order valence-electron chi connectivity index (χ3n) is 4.94. The number of hydrogen-bond acceptors (Lipinski definition) is 6. The van der Waals surface area contributed by atoms with E-state index in [2.05, 4.69) is 5.32 Å². The number of carbonyl (C=O) groups excluding carboxylic acids is 1. The summed E-state index contributed by atoms with van der Waals surface area (Å²) in [6, 6.07) is 2.44. The maximum Gasteiger partial charge on any atom is 0.328 e. The molecule has 8 nitrogen and oxygen atoms in total. The van der Waals surface area contributed by atoms with Gasteiger partial charge < -0.3 is 24.6 Å². The van der Waals surface area contributed by atoms with Crippen LogP contribution in [-0.2, 0) is 40.5 Å². The van der Waals surface area contributed by atoms with Gasteiger partial charge in [-0.25, -0.2) is 4.79 Å². The molecule has 2 atom stereocenters. The van der Waals surface area contributed by atoms with Crippen LogP contribution in [-0.4, -0.2) is 47.5 Å². The number of rotatable bonds is 10. The molecule has 0 bridgehead atoms. The Morgan fingerprint density at radius 1 is 1.06 bits per heavy atom. The fraction of sp³-hybridized carbons (Fsp3) is 0.667. The average molecular weight is 486 g/mol. The van der Waals surface area contributed by atoms with Crippen molar-refractivity contribution in [3.63, 3.8) is 0 Å². The van der Waals surface area contributed by atoms with Crippen LogP contribution in [0.2, 0.25) is 0 Å². The highest BCUT2D eigenvalue weighted by atomic mass is 31.2. The Morgan fingerprint density at radius 2 is 1.55 bits per heavy atom. The second-order valence-electron chi connectivity index (χ2n) is 10.7. The van der Waals surface area contributed by atoms with Crippen LogP contribution < -0.4 is 5.32 Å².